The molecule has 4 aromatic rings. The maximum Gasteiger partial charge on any atom is 0.270 e. The van der Waals surface area contributed by atoms with E-state index in [1.165, 1.54) is 0 Å². The van der Waals surface area contributed by atoms with Gasteiger partial charge in [-0.15, -0.1) is 10.2 Å². The van der Waals surface area contributed by atoms with Crippen molar-refractivity contribution >= 4 is 17.0 Å². The number of nitrogens with zero attached hydrogens (tertiary/aromatic N) is 4. The highest BCUT2D eigenvalue weighted by molar-refractivity contribution is 7.91. The number of hydrogen-bond acceptors (Lipinski definition) is 8. The minimum atomic E-state index is -0.997. The first-order chi connectivity index (χ1) is 15.6. The number of aromatic nitrogens is 4. The van der Waals surface area contributed by atoms with Crippen molar-refractivity contribution < 1.29 is 8.97 Å². The fraction of sp³-hybridized carbons (Fsp3) is 0.217. The van der Waals surface area contributed by atoms with Crippen molar-refractivity contribution in [3.05, 3.63) is 60.3 Å². The van der Waals surface area contributed by atoms with Gasteiger partial charge in [-0.1, -0.05) is 19.1 Å². The van der Waals surface area contributed by atoms with Gasteiger partial charge >= 0.3 is 0 Å². The topological polar surface area (TPSA) is 126 Å². The van der Waals surface area contributed by atoms with Gasteiger partial charge in [-0.3, -0.25) is 0 Å². The molecule has 0 saturated heterocycles. The Morgan fingerprint density at radius 1 is 1.00 bits per heavy atom. The Bertz CT molecular complexity index is 1180. The van der Waals surface area contributed by atoms with Crippen molar-refractivity contribution in [2.24, 2.45) is 0 Å². The van der Waals surface area contributed by atoms with Crippen LogP contribution in [0.4, 0.5) is 5.82 Å². The lowest BCUT2D eigenvalue weighted by molar-refractivity contribution is 0.582. The quantitative estimate of drug-likeness (QED) is 0.391. The van der Waals surface area contributed by atoms with Crippen LogP contribution in [-0.2, 0) is 17.7 Å². The zero-order valence-electron chi connectivity index (χ0n) is 17.9. The average molecular weight is 449 g/mol. The second kappa shape index (κ2) is 9.90. The van der Waals surface area contributed by atoms with Crippen molar-refractivity contribution in [2.75, 3.05) is 18.5 Å². The van der Waals surface area contributed by atoms with E-state index in [0.717, 1.165) is 34.6 Å². The van der Waals surface area contributed by atoms with Crippen molar-refractivity contribution in [1.82, 2.24) is 25.5 Å². The monoisotopic (exact) mass is 448 g/mol. The van der Waals surface area contributed by atoms with Gasteiger partial charge in [-0.25, -0.2) is 9.97 Å². The smallest absolute Gasteiger partial charge is 0.270 e. The van der Waals surface area contributed by atoms with E-state index in [1.54, 1.807) is 6.20 Å². The normalized spacial score (nSPS) is 12.1. The summed E-state index contributed by atoms with van der Waals surface area (Å²) < 4.78 is 18.0. The molecule has 0 spiro atoms. The van der Waals surface area contributed by atoms with E-state index in [1.807, 2.05) is 62.5 Å². The van der Waals surface area contributed by atoms with Gasteiger partial charge in [0.15, 0.2) is 16.4 Å². The maximum absolute atomic E-state index is 12.2. The summed E-state index contributed by atoms with van der Waals surface area (Å²) in [6, 6.07) is 15.3. The molecule has 0 amide bonds. The Labute approximate surface area is 189 Å². The zero-order chi connectivity index (χ0) is 22.5. The molecule has 164 valence electrons. The molecular formula is C23H24N6O2S. The van der Waals surface area contributed by atoms with Crippen LogP contribution in [0.3, 0.4) is 0 Å². The van der Waals surface area contributed by atoms with Crippen LogP contribution >= 0.6 is 0 Å². The lowest BCUT2D eigenvalue weighted by Gasteiger charge is -2.10. The van der Waals surface area contributed by atoms with Crippen LogP contribution in [0.15, 0.2) is 64.0 Å². The summed E-state index contributed by atoms with van der Waals surface area (Å²) in [5.41, 5.74) is 9.78. The second-order valence-electron chi connectivity index (χ2n) is 7.20. The number of nitrogens with one attached hydrogen (secondary N) is 1. The molecule has 4 rings (SSSR count). The van der Waals surface area contributed by atoms with E-state index in [-0.39, 0.29) is 11.7 Å². The predicted octanol–water partition coefficient (Wildman–Crippen LogP) is 3.68. The van der Waals surface area contributed by atoms with Crippen LogP contribution in [0, 0.1) is 0 Å². The number of anilines is 1. The summed E-state index contributed by atoms with van der Waals surface area (Å²) in [6.07, 6.45) is 2.46. The molecule has 0 aliphatic heterocycles. The molecule has 8 nitrogen and oxygen atoms in total. The maximum atomic E-state index is 12.2. The Morgan fingerprint density at radius 3 is 2.38 bits per heavy atom. The molecule has 1 atom stereocenters. The van der Waals surface area contributed by atoms with E-state index in [9.17, 15) is 4.55 Å². The number of benzene rings is 2. The molecule has 32 heavy (non-hydrogen) atoms. The number of hydrogen-bond donors (Lipinski definition) is 2. The lowest BCUT2D eigenvalue weighted by atomic mass is 10.1. The summed E-state index contributed by atoms with van der Waals surface area (Å²) in [5, 5.41) is 11.4. The summed E-state index contributed by atoms with van der Waals surface area (Å²) >= 11 is -0.997. The zero-order valence-corrected chi connectivity index (χ0v) is 18.7. The first-order valence-corrected chi connectivity index (χ1v) is 11.6. The minimum absolute atomic E-state index is 0.201. The van der Waals surface area contributed by atoms with Gasteiger partial charge in [-0.2, -0.15) is 0 Å². The number of rotatable bonds is 8. The summed E-state index contributed by atoms with van der Waals surface area (Å²) in [6.45, 7) is 2.80. The highest BCUT2D eigenvalue weighted by atomic mass is 32.2. The fourth-order valence-electron chi connectivity index (χ4n) is 3.18. The standard InChI is InChI=1S/C23H24N6O2S/c1-3-12-32(30)18-10-8-16(9-11-18)19-14-26-21(24)20(27-19)23-29-28-22(31-23)17-6-4-15(5-7-17)13-25-2/h4-11,14,25H,3,12-13H2,1-2H3,(H2,24,26). The van der Waals surface area contributed by atoms with Crippen LogP contribution < -0.4 is 11.1 Å². The molecule has 2 aromatic heterocycles. The predicted molar refractivity (Wildman–Crippen MR) is 125 cm³/mol. The van der Waals surface area contributed by atoms with Crippen molar-refractivity contribution in [3.8, 4) is 34.3 Å². The first-order valence-electron chi connectivity index (χ1n) is 10.3. The molecule has 3 N–H and O–H groups in total. The van der Waals surface area contributed by atoms with Gasteiger partial charge in [0, 0.05) is 17.7 Å². The fourth-order valence-corrected chi connectivity index (χ4v) is 4.23. The lowest BCUT2D eigenvalue weighted by Crippen LogP contribution is -2.05. The first kappa shape index (κ1) is 21.9. The summed E-state index contributed by atoms with van der Waals surface area (Å²) in [4.78, 5) is 9.65. The summed E-state index contributed by atoms with van der Waals surface area (Å²) in [5.74, 6) is 1.43. The van der Waals surface area contributed by atoms with Gasteiger partial charge in [0.1, 0.15) is 5.75 Å². The van der Waals surface area contributed by atoms with E-state index >= 15 is 0 Å². The van der Waals surface area contributed by atoms with Crippen LogP contribution in [0.2, 0.25) is 0 Å². The number of nitrogens with two attached hydrogens (primary N) is 1. The minimum Gasteiger partial charge on any atom is -0.611 e. The van der Waals surface area contributed by atoms with Gasteiger partial charge in [0.05, 0.1) is 11.9 Å². The third kappa shape index (κ3) is 4.80. The van der Waals surface area contributed by atoms with Gasteiger partial charge in [0.25, 0.3) is 5.89 Å². The van der Waals surface area contributed by atoms with E-state index < -0.39 is 11.2 Å². The van der Waals surface area contributed by atoms with E-state index in [2.05, 4.69) is 25.5 Å². The van der Waals surface area contributed by atoms with Crippen molar-refractivity contribution in [1.29, 1.82) is 0 Å². The number of nitrogen functional groups attached to an aromatic ring is 1. The highest BCUT2D eigenvalue weighted by Crippen LogP contribution is 2.28. The third-order valence-corrected chi connectivity index (χ3v) is 6.39. The molecule has 0 fully saturated rings. The van der Waals surface area contributed by atoms with Crippen LogP contribution in [0.25, 0.3) is 34.3 Å². The van der Waals surface area contributed by atoms with Crippen LogP contribution in [-0.4, -0.2) is 37.5 Å². The largest absolute Gasteiger partial charge is 0.611 e. The van der Waals surface area contributed by atoms with Crippen molar-refractivity contribution in [3.63, 3.8) is 0 Å². The van der Waals surface area contributed by atoms with E-state index in [4.69, 9.17) is 10.2 Å². The summed E-state index contributed by atoms with van der Waals surface area (Å²) in [7, 11) is 1.90. The van der Waals surface area contributed by atoms with Crippen LogP contribution in [0.1, 0.15) is 18.9 Å². The Hall–Kier alpha value is -3.27. The molecule has 2 aromatic carbocycles. The molecule has 1 unspecified atom stereocenters. The second-order valence-corrected chi connectivity index (χ2v) is 8.77. The van der Waals surface area contributed by atoms with Gasteiger partial charge in [-0.05, 0) is 66.6 Å². The van der Waals surface area contributed by atoms with Gasteiger partial charge < -0.3 is 20.0 Å². The highest BCUT2D eigenvalue weighted by Gasteiger charge is 2.17. The Morgan fingerprint density at radius 2 is 1.69 bits per heavy atom. The molecule has 2 heterocycles. The third-order valence-electron chi connectivity index (χ3n) is 4.81. The van der Waals surface area contributed by atoms with E-state index in [0.29, 0.717) is 23.0 Å². The molecule has 0 bridgehead atoms. The molecule has 0 saturated carbocycles. The SMILES string of the molecule is CCC[S+]([O-])c1ccc(-c2cnc(N)c(-c3nnc(-c4ccc(CNC)cc4)o3)n2)cc1. The Balaban J connectivity index is 1.59. The molecule has 9 heteroatoms. The molecule has 0 aliphatic rings. The van der Waals surface area contributed by atoms with Gasteiger partial charge in [0.2, 0.25) is 5.89 Å². The van der Waals surface area contributed by atoms with Crippen molar-refractivity contribution in [2.45, 2.75) is 24.8 Å². The Kier molecular flexibility index (Phi) is 6.79. The molecule has 0 radical (unpaired) electrons. The molecular weight excluding hydrogens is 424 g/mol. The molecule has 0 aliphatic carbocycles. The van der Waals surface area contributed by atoms with Crippen LogP contribution in [0.5, 0.6) is 0 Å². The average Bonchev–Trinajstić information content (AvgIpc) is 3.30.